The highest BCUT2D eigenvalue weighted by Crippen LogP contribution is 2.39. The highest BCUT2D eigenvalue weighted by molar-refractivity contribution is 9.10. The molecule has 1 atom stereocenters. The molecule has 0 heterocycles. The molecule has 0 saturated heterocycles. The van der Waals surface area contributed by atoms with Crippen LogP contribution < -0.4 is 5.32 Å². The van der Waals surface area contributed by atoms with Gasteiger partial charge in [-0.3, -0.25) is 9.59 Å². The summed E-state index contributed by atoms with van der Waals surface area (Å²) in [6, 6.07) is 0. The highest BCUT2D eigenvalue weighted by atomic mass is 79.9. The van der Waals surface area contributed by atoms with Crippen molar-refractivity contribution in [1.29, 1.82) is 0 Å². The lowest BCUT2D eigenvalue weighted by Gasteiger charge is -2.22. The average Bonchev–Trinajstić information content (AvgIpc) is 2.20. The van der Waals surface area contributed by atoms with Gasteiger partial charge in [0.1, 0.15) is 4.83 Å². The van der Waals surface area contributed by atoms with E-state index in [2.05, 4.69) is 20.7 Å². The van der Waals surface area contributed by atoms with Gasteiger partial charge in [0.2, 0.25) is 11.8 Å². The summed E-state index contributed by atoms with van der Waals surface area (Å²) in [5.41, 5.74) is 0. The average molecular weight is 360 g/mol. The maximum Gasteiger partial charge on any atom is 0.409 e. The number of amides is 1. The SMILES string of the molecule is COC(=O)C(Br)CNC(=O)C(C(F)(F)F)C(F)(F)F. The van der Waals surface area contributed by atoms with Crippen LogP contribution in [0.1, 0.15) is 0 Å². The summed E-state index contributed by atoms with van der Waals surface area (Å²) in [7, 11) is 0.965. The van der Waals surface area contributed by atoms with E-state index in [9.17, 15) is 35.9 Å². The minimum Gasteiger partial charge on any atom is -0.468 e. The predicted octanol–water partition coefficient (Wildman–Crippen LogP) is 1.78. The molecule has 112 valence electrons. The quantitative estimate of drug-likeness (QED) is 0.473. The minimum absolute atomic E-state index is 0.770. The van der Waals surface area contributed by atoms with E-state index in [0.717, 1.165) is 7.11 Å². The van der Waals surface area contributed by atoms with Gasteiger partial charge in [0, 0.05) is 6.54 Å². The van der Waals surface area contributed by atoms with Gasteiger partial charge in [0.05, 0.1) is 7.11 Å². The lowest BCUT2D eigenvalue weighted by Crippen LogP contribution is -2.49. The largest absolute Gasteiger partial charge is 0.468 e. The molecule has 19 heavy (non-hydrogen) atoms. The number of methoxy groups -OCH3 is 1. The molecule has 0 aliphatic heterocycles. The Balaban J connectivity index is 4.74. The van der Waals surface area contributed by atoms with Gasteiger partial charge in [-0.05, 0) is 0 Å². The first-order chi connectivity index (χ1) is 8.41. The zero-order chi connectivity index (χ0) is 15.4. The number of hydrogen-bond donors (Lipinski definition) is 1. The molecule has 0 bridgehead atoms. The zero-order valence-electron chi connectivity index (χ0n) is 9.23. The van der Waals surface area contributed by atoms with Gasteiger partial charge in [0.15, 0.2) is 0 Å². The fourth-order valence-corrected chi connectivity index (χ4v) is 1.34. The van der Waals surface area contributed by atoms with Crippen molar-refractivity contribution in [3.63, 3.8) is 0 Å². The zero-order valence-corrected chi connectivity index (χ0v) is 10.8. The highest BCUT2D eigenvalue weighted by Gasteiger charge is 2.61. The molecular formula is C8H8BrF6NO3. The van der Waals surface area contributed by atoms with Crippen LogP contribution in [0.15, 0.2) is 0 Å². The van der Waals surface area contributed by atoms with Gasteiger partial charge in [-0.2, -0.15) is 26.3 Å². The summed E-state index contributed by atoms with van der Waals surface area (Å²) in [6.07, 6.45) is -11.5. The van der Waals surface area contributed by atoms with Crippen molar-refractivity contribution < 1.29 is 40.7 Å². The number of carbonyl (C=O) groups excluding carboxylic acids is 2. The third-order valence-electron chi connectivity index (χ3n) is 1.83. The van der Waals surface area contributed by atoms with E-state index >= 15 is 0 Å². The molecular weight excluding hydrogens is 352 g/mol. The maximum atomic E-state index is 12.1. The van der Waals surface area contributed by atoms with Gasteiger partial charge >= 0.3 is 18.3 Å². The van der Waals surface area contributed by atoms with Crippen molar-refractivity contribution in [2.24, 2.45) is 5.92 Å². The van der Waals surface area contributed by atoms with E-state index in [1.54, 1.807) is 0 Å². The van der Waals surface area contributed by atoms with Crippen molar-refractivity contribution >= 4 is 27.8 Å². The van der Waals surface area contributed by atoms with Crippen LogP contribution in [0.4, 0.5) is 26.3 Å². The van der Waals surface area contributed by atoms with Crippen molar-refractivity contribution in [2.75, 3.05) is 13.7 Å². The molecule has 0 aromatic heterocycles. The first-order valence-electron chi connectivity index (χ1n) is 4.54. The van der Waals surface area contributed by atoms with Crippen LogP contribution in [0.5, 0.6) is 0 Å². The molecule has 0 saturated carbocycles. The molecule has 1 N–H and O–H groups in total. The summed E-state index contributed by atoms with van der Waals surface area (Å²) in [4.78, 5) is 20.5. The molecule has 1 unspecified atom stereocenters. The lowest BCUT2D eigenvalue weighted by atomic mass is 10.1. The summed E-state index contributed by atoms with van der Waals surface area (Å²) in [5.74, 6) is -7.37. The van der Waals surface area contributed by atoms with Gasteiger partial charge < -0.3 is 10.1 Å². The number of esters is 1. The molecule has 0 rings (SSSR count). The normalized spacial score (nSPS) is 14.2. The second-order valence-corrected chi connectivity index (χ2v) is 4.36. The van der Waals surface area contributed by atoms with E-state index in [1.165, 1.54) is 5.32 Å². The van der Waals surface area contributed by atoms with Crippen molar-refractivity contribution in [3.05, 3.63) is 0 Å². The van der Waals surface area contributed by atoms with E-state index in [-0.39, 0.29) is 0 Å². The van der Waals surface area contributed by atoms with Crippen LogP contribution in [0.25, 0.3) is 0 Å². The number of rotatable bonds is 4. The van der Waals surface area contributed by atoms with Crippen LogP contribution >= 0.6 is 15.9 Å². The molecule has 0 spiro atoms. The number of nitrogens with one attached hydrogen (secondary N) is 1. The van der Waals surface area contributed by atoms with Gasteiger partial charge in [-0.15, -0.1) is 0 Å². The smallest absolute Gasteiger partial charge is 0.409 e. The molecule has 0 aliphatic rings. The molecule has 4 nitrogen and oxygen atoms in total. The summed E-state index contributed by atoms with van der Waals surface area (Å²) < 4.78 is 76.9. The molecule has 11 heteroatoms. The fraction of sp³-hybridized carbons (Fsp3) is 0.750. The number of alkyl halides is 7. The van der Waals surface area contributed by atoms with Gasteiger partial charge in [-0.1, -0.05) is 15.9 Å². The monoisotopic (exact) mass is 359 g/mol. The second-order valence-electron chi connectivity index (χ2n) is 3.25. The Kier molecular flexibility index (Phi) is 6.10. The Morgan fingerprint density at radius 1 is 1.16 bits per heavy atom. The Hall–Kier alpha value is -1.00. The fourth-order valence-electron chi connectivity index (χ4n) is 0.986. The van der Waals surface area contributed by atoms with E-state index in [1.807, 2.05) is 0 Å². The van der Waals surface area contributed by atoms with Gasteiger partial charge in [-0.25, -0.2) is 0 Å². The summed E-state index contributed by atoms with van der Waals surface area (Å²) in [6.45, 7) is -0.770. The van der Waals surface area contributed by atoms with E-state index in [0.29, 0.717) is 0 Å². The van der Waals surface area contributed by atoms with Crippen LogP contribution in [0.2, 0.25) is 0 Å². The topological polar surface area (TPSA) is 55.4 Å². The molecule has 0 aromatic rings. The molecule has 1 amide bonds. The summed E-state index contributed by atoms with van der Waals surface area (Å²) >= 11 is 2.63. The first-order valence-corrected chi connectivity index (χ1v) is 5.45. The Morgan fingerprint density at radius 2 is 1.58 bits per heavy atom. The lowest BCUT2D eigenvalue weighted by molar-refractivity contribution is -0.274. The van der Waals surface area contributed by atoms with Crippen LogP contribution in [-0.4, -0.2) is 42.7 Å². The standard InChI is InChI=1S/C8H8BrF6NO3/c1-19-6(18)3(9)2-16-5(17)4(7(10,11)12)8(13,14)15/h3-4H,2H2,1H3,(H,16,17). The second kappa shape index (κ2) is 6.44. The Bertz CT molecular complexity index is 328. The third kappa shape index (κ3) is 5.66. The number of ether oxygens (including phenoxy) is 1. The number of carbonyl (C=O) groups is 2. The number of hydrogen-bond acceptors (Lipinski definition) is 3. The predicted molar refractivity (Wildman–Crippen MR) is 53.3 cm³/mol. The molecule has 0 aliphatic carbocycles. The Labute approximate surface area is 111 Å². The Morgan fingerprint density at radius 3 is 1.89 bits per heavy atom. The maximum absolute atomic E-state index is 12.1. The van der Waals surface area contributed by atoms with Crippen molar-refractivity contribution in [3.8, 4) is 0 Å². The van der Waals surface area contributed by atoms with E-state index < -0.39 is 41.5 Å². The molecule has 0 aromatic carbocycles. The third-order valence-corrected chi connectivity index (χ3v) is 2.53. The van der Waals surface area contributed by atoms with Crippen LogP contribution in [-0.2, 0) is 14.3 Å². The van der Waals surface area contributed by atoms with Gasteiger partial charge in [0.25, 0.3) is 0 Å². The van der Waals surface area contributed by atoms with Crippen LogP contribution in [0, 0.1) is 5.92 Å². The molecule has 0 radical (unpaired) electrons. The minimum atomic E-state index is -5.77. The summed E-state index contributed by atoms with van der Waals surface area (Å²) in [5, 5.41) is 1.38. The van der Waals surface area contributed by atoms with Crippen molar-refractivity contribution in [2.45, 2.75) is 17.2 Å². The first kappa shape index (κ1) is 18.0. The van der Waals surface area contributed by atoms with E-state index in [4.69, 9.17) is 0 Å². The van der Waals surface area contributed by atoms with Crippen molar-refractivity contribution in [1.82, 2.24) is 5.32 Å². The molecule has 0 fully saturated rings. The number of halogens is 7. The van der Waals surface area contributed by atoms with Crippen LogP contribution in [0.3, 0.4) is 0 Å².